The van der Waals surface area contributed by atoms with Crippen LogP contribution in [0.15, 0.2) is 60.4 Å². The van der Waals surface area contributed by atoms with Crippen LogP contribution in [0.4, 0.5) is 10.5 Å². The van der Waals surface area contributed by atoms with Crippen LogP contribution in [-0.2, 0) is 9.59 Å². The van der Waals surface area contributed by atoms with E-state index in [1.807, 2.05) is 36.6 Å². The summed E-state index contributed by atoms with van der Waals surface area (Å²) in [6, 6.07) is 11.5. The van der Waals surface area contributed by atoms with Crippen LogP contribution in [0.3, 0.4) is 0 Å². The van der Waals surface area contributed by atoms with Crippen LogP contribution in [0.5, 0.6) is 0 Å². The van der Waals surface area contributed by atoms with Crippen molar-refractivity contribution >= 4 is 41.2 Å². The number of anilines is 1. The van der Waals surface area contributed by atoms with Crippen molar-refractivity contribution < 1.29 is 14.4 Å². The molecule has 1 N–H and O–H groups in total. The molecule has 0 bridgehead atoms. The molecule has 2 aromatic heterocycles. The maximum atomic E-state index is 13.0. The van der Waals surface area contributed by atoms with Gasteiger partial charge in [0, 0.05) is 34.5 Å². The number of hydrogen-bond acceptors (Lipinski definition) is 4. The molecular formula is C22H17ClN4O3. The molecule has 0 aliphatic carbocycles. The Labute approximate surface area is 177 Å². The van der Waals surface area contributed by atoms with Crippen molar-refractivity contribution in [2.75, 3.05) is 4.90 Å². The fraction of sp³-hybridized carbons (Fsp3) is 0.0909. The van der Waals surface area contributed by atoms with E-state index in [-0.39, 0.29) is 5.57 Å². The maximum absolute atomic E-state index is 13.0. The number of halogens is 1. The Balaban J connectivity index is 1.76. The average molecular weight is 421 g/mol. The van der Waals surface area contributed by atoms with Crippen molar-refractivity contribution in [2.45, 2.75) is 13.8 Å². The molecule has 0 spiro atoms. The number of barbiturate groups is 1. The standard InChI is InChI=1S/C22H17ClN4O3/c1-13-11-15(14(2)26(13)17-5-3-16(23)4-6-17)12-19-20(28)25-22(30)27(21(19)29)18-7-9-24-10-8-18/h3-12H,1-2H3,(H,25,28,30)/b19-12-. The van der Waals surface area contributed by atoms with Crippen molar-refractivity contribution in [1.29, 1.82) is 0 Å². The first-order valence-corrected chi connectivity index (χ1v) is 9.51. The Morgan fingerprint density at radius 3 is 2.30 bits per heavy atom. The first-order chi connectivity index (χ1) is 14.4. The smallest absolute Gasteiger partial charge is 0.318 e. The topological polar surface area (TPSA) is 84.3 Å². The number of benzene rings is 1. The number of aryl methyl sites for hydroxylation is 1. The summed E-state index contributed by atoms with van der Waals surface area (Å²) in [7, 11) is 0. The van der Waals surface area contributed by atoms with Gasteiger partial charge >= 0.3 is 6.03 Å². The summed E-state index contributed by atoms with van der Waals surface area (Å²) in [5.41, 5.74) is 3.58. The number of amides is 4. The van der Waals surface area contributed by atoms with E-state index in [0.717, 1.165) is 22.0 Å². The Kier molecular flexibility index (Phi) is 4.97. The van der Waals surface area contributed by atoms with Gasteiger partial charge < -0.3 is 4.57 Å². The normalized spacial score (nSPS) is 15.6. The number of pyridine rings is 1. The van der Waals surface area contributed by atoms with E-state index in [4.69, 9.17) is 11.6 Å². The third kappa shape index (κ3) is 3.40. The quantitative estimate of drug-likeness (QED) is 0.515. The van der Waals surface area contributed by atoms with Gasteiger partial charge in [-0.25, -0.2) is 9.69 Å². The number of hydrogen-bond donors (Lipinski definition) is 1. The van der Waals surface area contributed by atoms with Gasteiger partial charge in [-0.15, -0.1) is 0 Å². The van der Waals surface area contributed by atoms with Crippen LogP contribution in [0.25, 0.3) is 11.8 Å². The fourth-order valence-corrected chi connectivity index (χ4v) is 3.59. The van der Waals surface area contributed by atoms with Crippen LogP contribution >= 0.6 is 11.6 Å². The lowest BCUT2D eigenvalue weighted by molar-refractivity contribution is -0.122. The van der Waals surface area contributed by atoms with E-state index in [0.29, 0.717) is 16.3 Å². The number of urea groups is 1. The van der Waals surface area contributed by atoms with E-state index < -0.39 is 17.8 Å². The molecule has 1 aromatic carbocycles. The number of nitrogens with zero attached hydrogens (tertiary/aromatic N) is 3. The zero-order valence-corrected chi connectivity index (χ0v) is 17.0. The Morgan fingerprint density at radius 1 is 0.967 bits per heavy atom. The van der Waals surface area contributed by atoms with Gasteiger partial charge in [0.1, 0.15) is 5.57 Å². The van der Waals surface area contributed by atoms with E-state index >= 15 is 0 Å². The van der Waals surface area contributed by atoms with Crippen LogP contribution in [-0.4, -0.2) is 27.4 Å². The van der Waals surface area contributed by atoms with Crippen LogP contribution < -0.4 is 10.2 Å². The summed E-state index contributed by atoms with van der Waals surface area (Å²) < 4.78 is 2.00. The van der Waals surface area contributed by atoms with Crippen molar-refractivity contribution in [3.05, 3.63) is 82.4 Å². The minimum Gasteiger partial charge on any atom is -0.318 e. The van der Waals surface area contributed by atoms with Crippen LogP contribution in [0.1, 0.15) is 17.0 Å². The molecular weight excluding hydrogens is 404 g/mol. The van der Waals surface area contributed by atoms with Crippen molar-refractivity contribution in [3.63, 3.8) is 0 Å². The predicted molar refractivity (Wildman–Crippen MR) is 113 cm³/mol. The summed E-state index contributed by atoms with van der Waals surface area (Å²) in [5, 5.41) is 2.86. The summed E-state index contributed by atoms with van der Waals surface area (Å²) in [5.74, 6) is -1.42. The lowest BCUT2D eigenvalue weighted by Gasteiger charge is -2.26. The van der Waals surface area contributed by atoms with Gasteiger partial charge in [0.2, 0.25) is 0 Å². The fourth-order valence-electron chi connectivity index (χ4n) is 3.46. The van der Waals surface area contributed by atoms with E-state index in [2.05, 4.69) is 10.3 Å². The molecule has 7 nitrogen and oxygen atoms in total. The predicted octanol–water partition coefficient (Wildman–Crippen LogP) is 3.81. The highest BCUT2D eigenvalue weighted by molar-refractivity contribution is 6.39. The largest absolute Gasteiger partial charge is 0.335 e. The minimum atomic E-state index is -0.792. The van der Waals surface area contributed by atoms with Gasteiger partial charge in [-0.2, -0.15) is 0 Å². The molecule has 8 heteroatoms. The molecule has 0 radical (unpaired) electrons. The molecule has 1 fully saturated rings. The number of carbonyl (C=O) groups excluding carboxylic acids is 3. The number of rotatable bonds is 3. The molecule has 0 saturated carbocycles. The van der Waals surface area contributed by atoms with Crippen molar-refractivity contribution in [2.24, 2.45) is 0 Å². The molecule has 1 saturated heterocycles. The van der Waals surface area contributed by atoms with E-state index in [1.165, 1.54) is 30.6 Å². The molecule has 150 valence electrons. The van der Waals surface area contributed by atoms with Gasteiger partial charge in [-0.1, -0.05) is 11.6 Å². The van der Waals surface area contributed by atoms with Crippen LogP contribution in [0.2, 0.25) is 5.02 Å². The lowest BCUT2D eigenvalue weighted by Crippen LogP contribution is -2.54. The molecule has 4 amide bonds. The van der Waals surface area contributed by atoms with Gasteiger partial charge in [-0.3, -0.25) is 19.9 Å². The molecule has 3 aromatic rings. The summed E-state index contributed by atoms with van der Waals surface area (Å²) in [4.78, 5) is 42.5. The first kappa shape index (κ1) is 19.6. The van der Waals surface area contributed by atoms with Crippen LogP contribution in [0, 0.1) is 13.8 Å². The lowest BCUT2D eigenvalue weighted by atomic mass is 10.1. The Morgan fingerprint density at radius 2 is 1.63 bits per heavy atom. The molecule has 1 aliphatic rings. The second kappa shape index (κ2) is 7.61. The van der Waals surface area contributed by atoms with Gasteiger partial charge in [-0.05, 0) is 68.0 Å². The van der Waals surface area contributed by atoms with Crippen molar-refractivity contribution in [3.8, 4) is 5.69 Å². The zero-order valence-electron chi connectivity index (χ0n) is 16.2. The summed E-state index contributed by atoms with van der Waals surface area (Å²) in [6.07, 6.45) is 4.44. The number of aromatic nitrogens is 2. The van der Waals surface area contributed by atoms with Gasteiger partial charge in [0.05, 0.1) is 5.69 Å². The molecule has 0 unspecified atom stereocenters. The second-order valence-corrected chi connectivity index (χ2v) is 7.24. The minimum absolute atomic E-state index is 0.122. The van der Waals surface area contributed by atoms with Gasteiger partial charge in [0.15, 0.2) is 0 Å². The molecule has 1 aliphatic heterocycles. The third-order valence-corrected chi connectivity index (χ3v) is 5.13. The second-order valence-electron chi connectivity index (χ2n) is 6.80. The maximum Gasteiger partial charge on any atom is 0.335 e. The number of nitrogens with one attached hydrogen (secondary N) is 1. The summed E-state index contributed by atoms with van der Waals surface area (Å²) in [6.45, 7) is 3.82. The highest BCUT2D eigenvalue weighted by Crippen LogP contribution is 2.26. The van der Waals surface area contributed by atoms with Gasteiger partial charge in [0.25, 0.3) is 11.8 Å². The number of imide groups is 2. The molecule has 0 atom stereocenters. The SMILES string of the molecule is Cc1cc(/C=C2/C(=O)NC(=O)N(c3ccncc3)C2=O)c(C)n1-c1ccc(Cl)cc1. The highest BCUT2D eigenvalue weighted by atomic mass is 35.5. The molecule has 3 heterocycles. The average Bonchev–Trinajstić information content (AvgIpc) is 3.00. The number of carbonyl (C=O) groups is 3. The van der Waals surface area contributed by atoms with Crippen molar-refractivity contribution in [1.82, 2.24) is 14.9 Å². The summed E-state index contributed by atoms with van der Waals surface area (Å²) >= 11 is 5.98. The first-order valence-electron chi connectivity index (χ1n) is 9.13. The van der Waals surface area contributed by atoms with E-state index in [1.54, 1.807) is 12.1 Å². The zero-order chi connectivity index (χ0) is 21.4. The van der Waals surface area contributed by atoms with E-state index in [9.17, 15) is 14.4 Å². The Bertz CT molecular complexity index is 1200. The Hall–Kier alpha value is -3.71. The monoisotopic (exact) mass is 420 g/mol. The third-order valence-electron chi connectivity index (χ3n) is 4.88. The molecule has 30 heavy (non-hydrogen) atoms. The molecule has 4 rings (SSSR count). The highest BCUT2D eigenvalue weighted by Gasteiger charge is 2.37.